The highest BCUT2D eigenvalue weighted by Crippen LogP contribution is 2.49. The monoisotopic (exact) mass is 555 g/mol. The average Bonchev–Trinajstić information content (AvgIpc) is 3.61. The highest BCUT2D eigenvalue weighted by molar-refractivity contribution is 6.11. The minimum Gasteiger partial charge on any atom is -0.317 e. The average molecular weight is 556 g/mol. The van der Waals surface area contributed by atoms with Gasteiger partial charge in [-0.05, 0) is 66.6 Å². The Morgan fingerprint density at radius 1 is 0.881 bits per heavy atom. The number of fused-ring (bicyclic) bond motifs is 7. The molecule has 0 radical (unpaired) electrons. The second-order valence-electron chi connectivity index (χ2n) is 11.0. The van der Waals surface area contributed by atoms with Crippen molar-refractivity contribution < 1.29 is 8.78 Å². The molecule has 7 heteroatoms. The summed E-state index contributed by atoms with van der Waals surface area (Å²) in [6, 6.07) is 22.7. The molecule has 0 spiro atoms. The van der Waals surface area contributed by atoms with Gasteiger partial charge < -0.3 is 4.57 Å². The summed E-state index contributed by atoms with van der Waals surface area (Å²) in [6.45, 7) is 9.77. The molecule has 0 bridgehead atoms. The number of halogens is 2. The molecule has 0 saturated heterocycles. The summed E-state index contributed by atoms with van der Waals surface area (Å²) in [5, 5.41) is 2.17. The van der Waals surface area contributed by atoms with Crippen LogP contribution < -0.4 is 0 Å². The van der Waals surface area contributed by atoms with Gasteiger partial charge in [-0.3, -0.25) is 4.57 Å². The number of allylic oxidation sites excluding steroid dienone is 5. The van der Waals surface area contributed by atoms with Gasteiger partial charge in [-0.15, -0.1) is 0 Å². The van der Waals surface area contributed by atoms with Crippen LogP contribution in [0.4, 0.5) is 8.78 Å². The van der Waals surface area contributed by atoms with E-state index in [-0.39, 0.29) is 11.2 Å². The Kier molecular flexibility index (Phi) is 5.80. The van der Waals surface area contributed by atoms with E-state index in [0.717, 1.165) is 39.3 Å². The summed E-state index contributed by atoms with van der Waals surface area (Å²) in [4.78, 5) is 14.6. The van der Waals surface area contributed by atoms with Crippen molar-refractivity contribution in [3.63, 3.8) is 0 Å². The molecule has 1 aliphatic rings. The van der Waals surface area contributed by atoms with E-state index in [0.29, 0.717) is 28.7 Å². The molecule has 0 aliphatic carbocycles. The fraction of sp³-hybridized carbons (Fsp3) is 0.114. The van der Waals surface area contributed by atoms with E-state index in [4.69, 9.17) is 15.0 Å². The molecule has 0 fully saturated rings. The van der Waals surface area contributed by atoms with E-state index in [9.17, 15) is 8.78 Å². The first-order valence-corrected chi connectivity index (χ1v) is 13.7. The topological polar surface area (TPSA) is 48.5 Å². The largest absolute Gasteiger partial charge is 0.317 e. The summed E-state index contributed by atoms with van der Waals surface area (Å²) < 4.78 is 32.1. The quantitative estimate of drug-likeness (QED) is 0.200. The number of aromatic nitrogens is 5. The van der Waals surface area contributed by atoms with Crippen LogP contribution >= 0.6 is 0 Å². The maximum atomic E-state index is 13.9. The molecule has 42 heavy (non-hydrogen) atoms. The van der Waals surface area contributed by atoms with Gasteiger partial charge >= 0.3 is 0 Å². The van der Waals surface area contributed by atoms with Crippen LogP contribution in [-0.2, 0) is 5.41 Å². The lowest BCUT2D eigenvalue weighted by Crippen LogP contribution is -2.17. The minimum absolute atomic E-state index is 0.289. The normalized spacial score (nSPS) is 14.4. The van der Waals surface area contributed by atoms with Crippen molar-refractivity contribution in [3.05, 3.63) is 133 Å². The summed E-state index contributed by atoms with van der Waals surface area (Å²) in [5.74, 6) is 0.384. The van der Waals surface area contributed by atoms with Gasteiger partial charge in [-0.2, -0.15) is 9.97 Å². The van der Waals surface area contributed by atoms with Crippen molar-refractivity contribution in [2.24, 2.45) is 0 Å². The SMILES string of the molecule is C=C/C(F)=C\C=C(/C)c1nc(-c2ccc(F)cc2)nc(-n2c3ccccc3c3cn4c(c32)C(C)(C)c2ccccc2-4)n1. The standard InChI is InChI=1S/C35H27F2N5/c1-5-23(36)17-14-21(2)32-38-33(22-15-18-24(37)19-16-22)40-34(39-32)42-28-12-8-6-10-25(28)26-20-41-29-13-9-7-11-27(29)35(3,4)31(41)30(26)42/h5-20H,1H2,2-4H3/b21-14+,23-17+. The molecule has 7 rings (SSSR count). The minimum atomic E-state index is -0.466. The van der Waals surface area contributed by atoms with Crippen molar-refractivity contribution in [2.75, 3.05) is 0 Å². The van der Waals surface area contributed by atoms with Gasteiger partial charge in [0.2, 0.25) is 5.95 Å². The summed E-state index contributed by atoms with van der Waals surface area (Å²) in [7, 11) is 0. The van der Waals surface area contributed by atoms with Gasteiger partial charge in [-0.1, -0.05) is 62.9 Å². The smallest absolute Gasteiger partial charge is 0.238 e. The highest BCUT2D eigenvalue weighted by Gasteiger charge is 2.39. The first kappa shape index (κ1) is 25.8. The van der Waals surface area contributed by atoms with Crippen LogP contribution in [0.3, 0.4) is 0 Å². The Morgan fingerprint density at radius 3 is 2.40 bits per heavy atom. The first-order chi connectivity index (χ1) is 20.3. The summed E-state index contributed by atoms with van der Waals surface area (Å²) in [5.41, 5.74) is 6.51. The number of para-hydroxylation sites is 2. The number of nitrogens with zero attached hydrogens (tertiary/aromatic N) is 5. The van der Waals surface area contributed by atoms with Crippen LogP contribution in [-0.4, -0.2) is 24.1 Å². The van der Waals surface area contributed by atoms with Gasteiger partial charge in [0.15, 0.2) is 11.6 Å². The van der Waals surface area contributed by atoms with E-state index >= 15 is 0 Å². The number of benzene rings is 3. The number of hydrogen-bond acceptors (Lipinski definition) is 3. The van der Waals surface area contributed by atoms with Crippen molar-refractivity contribution in [1.82, 2.24) is 24.1 Å². The zero-order valence-corrected chi connectivity index (χ0v) is 23.4. The molecular weight excluding hydrogens is 528 g/mol. The van der Waals surface area contributed by atoms with Gasteiger partial charge in [-0.25, -0.2) is 13.8 Å². The lowest BCUT2D eigenvalue weighted by atomic mass is 9.83. The Bertz CT molecular complexity index is 2110. The molecule has 3 aromatic heterocycles. The Labute approximate surface area is 241 Å². The molecule has 0 saturated carbocycles. The number of hydrogen-bond donors (Lipinski definition) is 0. The van der Waals surface area contributed by atoms with Crippen LogP contribution in [0.25, 0.3) is 50.4 Å². The zero-order chi connectivity index (χ0) is 29.2. The van der Waals surface area contributed by atoms with E-state index in [1.807, 2.05) is 19.1 Å². The molecule has 5 nitrogen and oxygen atoms in total. The van der Waals surface area contributed by atoms with Crippen molar-refractivity contribution in [1.29, 1.82) is 0 Å². The van der Waals surface area contributed by atoms with Crippen LogP contribution in [0.5, 0.6) is 0 Å². The molecule has 4 heterocycles. The van der Waals surface area contributed by atoms with Crippen LogP contribution in [0.2, 0.25) is 0 Å². The van der Waals surface area contributed by atoms with Crippen LogP contribution in [0.1, 0.15) is 37.9 Å². The van der Waals surface area contributed by atoms with Gasteiger partial charge in [0, 0.05) is 33.6 Å². The second kappa shape index (κ2) is 9.45. The van der Waals surface area contributed by atoms with Gasteiger partial charge in [0.05, 0.1) is 16.7 Å². The molecule has 3 aromatic carbocycles. The lowest BCUT2D eigenvalue weighted by Gasteiger charge is -2.20. The first-order valence-electron chi connectivity index (χ1n) is 13.7. The number of rotatable bonds is 5. The molecule has 0 unspecified atom stereocenters. The second-order valence-corrected chi connectivity index (χ2v) is 11.0. The Balaban J connectivity index is 1.56. The molecule has 206 valence electrons. The van der Waals surface area contributed by atoms with E-state index < -0.39 is 5.83 Å². The third-order valence-corrected chi connectivity index (χ3v) is 8.03. The lowest BCUT2D eigenvalue weighted by molar-refractivity contribution is 0.628. The summed E-state index contributed by atoms with van der Waals surface area (Å²) >= 11 is 0. The molecule has 0 N–H and O–H groups in total. The van der Waals surface area contributed by atoms with Crippen LogP contribution in [0.15, 0.2) is 110 Å². The molecular formula is C35H27F2N5. The molecule has 1 aliphatic heterocycles. The summed E-state index contributed by atoms with van der Waals surface area (Å²) in [6.07, 6.45) is 6.29. The van der Waals surface area contributed by atoms with Gasteiger partial charge in [0.1, 0.15) is 11.6 Å². The van der Waals surface area contributed by atoms with E-state index in [1.54, 1.807) is 18.2 Å². The fourth-order valence-electron chi connectivity index (χ4n) is 5.99. The van der Waals surface area contributed by atoms with Crippen molar-refractivity contribution in [3.8, 4) is 23.0 Å². The predicted molar refractivity (Wildman–Crippen MR) is 164 cm³/mol. The Morgan fingerprint density at radius 2 is 1.62 bits per heavy atom. The fourth-order valence-corrected chi connectivity index (χ4v) is 5.99. The third-order valence-electron chi connectivity index (χ3n) is 8.03. The van der Waals surface area contributed by atoms with Crippen molar-refractivity contribution >= 4 is 27.4 Å². The highest BCUT2D eigenvalue weighted by atomic mass is 19.1. The van der Waals surface area contributed by atoms with E-state index in [1.165, 1.54) is 23.8 Å². The van der Waals surface area contributed by atoms with Crippen molar-refractivity contribution in [2.45, 2.75) is 26.2 Å². The van der Waals surface area contributed by atoms with Crippen LogP contribution in [0, 0.1) is 5.82 Å². The Hall–Kier alpha value is -5.17. The third kappa shape index (κ3) is 3.84. The zero-order valence-electron chi connectivity index (χ0n) is 23.4. The maximum absolute atomic E-state index is 13.9. The van der Waals surface area contributed by atoms with E-state index in [2.05, 4.69) is 72.2 Å². The van der Waals surface area contributed by atoms with Gasteiger partial charge in [0.25, 0.3) is 0 Å². The molecule has 6 aromatic rings. The molecule has 0 atom stereocenters. The maximum Gasteiger partial charge on any atom is 0.238 e. The predicted octanol–water partition coefficient (Wildman–Crippen LogP) is 8.65. The molecule has 0 amide bonds.